The Hall–Kier alpha value is -5.30. The number of hydrazine groups is 1. The maximum atomic E-state index is 13.3. The van der Waals surface area contributed by atoms with E-state index in [9.17, 15) is 29.6 Å². The van der Waals surface area contributed by atoms with Gasteiger partial charge in [-0.25, -0.2) is 10.2 Å². The number of hydrogen-bond acceptors (Lipinski definition) is 7. The number of aromatic nitrogens is 3. The Labute approximate surface area is 212 Å². The lowest BCUT2D eigenvalue weighted by molar-refractivity contribution is -0.384. The van der Waals surface area contributed by atoms with E-state index in [1.165, 1.54) is 54.9 Å². The second-order valence-electron chi connectivity index (χ2n) is 7.36. The standard InChI is InChI=1S/C23H16ClN7O6/c24-16-5-1-4-15(11-16)19-18(14-3-2-6-17(12-14)31(36)37)20(30(28-19)29-23(34)35)22(33)27-26-21(32)13-7-9-25-10-8-13/h1-12,29H,(H,26,32)(H,27,33)(H,34,35). The van der Waals surface area contributed by atoms with E-state index in [-0.39, 0.29) is 33.8 Å². The number of nitrogens with zero attached hydrogens (tertiary/aromatic N) is 4. The zero-order valence-electron chi connectivity index (χ0n) is 18.6. The Morgan fingerprint density at radius 3 is 2.30 bits per heavy atom. The van der Waals surface area contributed by atoms with Crippen LogP contribution in [0.1, 0.15) is 20.8 Å². The van der Waals surface area contributed by atoms with Gasteiger partial charge in [0.1, 0.15) is 5.69 Å². The molecule has 0 spiro atoms. The molecule has 0 fully saturated rings. The molecular weight excluding hydrogens is 506 g/mol. The smallest absolute Gasteiger partial charge is 0.425 e. The van der Waals surface area contributed by atoms with E-state index in [0.717, 1.165) is 0 Å². The van der Waals surface area contributed by atoms with Crippen molar-refractivity contribution in [3.05, 3.63) is 99.5 Å². The quantitative estimate of drug-likeness (QED) is 0.219. The molecule has 0 saturated carbocycles. The molecule has 0 radical (unpaired) electrons. The first kappa shape index (κ1) is 24.8. The van der Waals surface area contributed by atoms with Crippen LogP contribution in [-0.2, 0) is 0 Å². The fraction of sp³-hybridized carbons (Fsp3) is 0. The van der Waals surface area contributed by atoms with Crippen LogP contribution < -0.4 is 16.3 Å². The lowest BCUT2D eigenvalue weighted by Gasteiger charge is -2.11. The zero-order chi connectivity index (χ0) is 26.5. The summed E-state index contributed by atoms with van der Waals surface area (Å²) in [5.74, 6) is -1.63. The fourth-order valence-electron chi connectivity index (χ4n) is 3.43. The average molecular weight is 522 g/mol. The van der Waals surface area contributed by atoms with Crippen LogP contribution >= 0.6 is 11.6 Å². The largest absolute Gasteiger partial charge is 0.464 e. The predicted molar refractivity (Wildman–Crippen MR) is 131 cm³/mol. The molecule has 14 heteroatoms. The summed E-state index contributed by atoms with van der Waals surface area (Å²) in [5.41, 5.74) is 6.76. The van der Waals surface area contributed by atoms with E-state index >= 15 is 0 Å². The number of carboxylic acid groups (broad SMARTS) is 1. The number of carbonyl (C=O) groups excluding carboxylic acids is 2. The highest BCUT2D eigenvalue weighted by Crippen LogP contribution is 2.36. The summed E-state index contributed by atoms with van der Waals surface area (Å²) < 4.78 is 0. The lowest BCUT2D eigenvalue weighted by Crippen LogP contribution is -2.43. The molecule has 186 valence electrons. The minimum Gasteiger partial charge on any atom is -0.464 e. The molecule has 0 unspecified atom stereocenters. The molecule has 2 aromatic heterocycles. The van der Waals surface area contributed by atoms with Crippen LogP contribution in [0.15, 0.2) is 73.1 Å². The molecular formula is C23H16ClN7O6. The summed E-state index contributed by atoms with van der Waals surface area (Å²) in [6, 6.07) is 14.6. The third-order valence-corrected chi connectivity index (χ3v) is 5.21. The van der Waals surface area contributed by atoms with Crippen LogP contribution in [0.3, 0.4) is 0 Å². The molecule has 37 heavy (non-hydrogen) atoms. The summed E-state index contributed by atoms with van der Waals surface area (Å²) >= 11 is 6.13. The first-order valence-electron chi connectivity index (χ1n) is 10.4. The Morgan fingerprint density at radius 2 is 1.62 bits per heavy atom. The number of halogens is 1. The van der Waals surface area contributed by atoms with E-state index in [1.54, 1.807) is 18.2 Å². The Bertz CT molecular complexity index is 1520. The molecule has 0 aliphatic carbocycles. The molecule has 4 aromatic rings. The SMILES string of the molecule is O=C(O)Nn1nc(-c2cccc(Cl)c2)c(-c2cccc([N+](=O)[O-])c2)c1C(=O)NNC(=O)c1ccncc1. The van der Waals surface area contributed by atoms with E-state index in [0.29, 0.717) is 15.4 Å². The topological polar surface area (TPSA) is 181 Å². The van der Waals surface area contributed by atoms with Gasteiger partial charge >= 0.3 is 6.09 Å². The number of pyridine rings is 1. The Morgan fingerprint density at radius 1 is 0.946 bits per heavy atom. The first-order valence-corrected chi connectivity index (χ1v) is 10.8. The second kappa shape index (κ2) is 10.5. The van der Waals surface area contributed by atoms with E-state index in [1.807, 2.05) is 5.43 Å². The van der Waals surface area contributed by atoms with Gasteiger partial charge in [-0.3, -0.25) is 35.5 Å². The van der Waals surface area contributed by atoms with E-state index < -0.39 is 22.8 Å². The maximum Gasteiger partial charge on any atom is 0.425 e. The first-order chi connectivity index (χ1) is 17.7. The predicted octanol–water partition coefficient (Wildman–Crippen LogP) is 3.47. The summed E-state index contributed by atoms with van der Waals surface area (Å²) in [5, 5.41) is 25.3. The molecule has 4 rings (SSSR count). The molecule has 3 amide bonds. The minimum atomic E-state index is -1.54. The van der Waals surface area contributed by atoms with Crippen LogP contribution in [0.25, 0.3) is 22.4 Å². The van der Waals surface area contributed by atoms with Crippen molar-refractivity contribution in [2.75, 3.05) is 5.43 Å². The minimum absolute atomic E-state index is 0.0513. The van der Waals surface area contributed by atoms with Crippen molar-refractivity contribution in [3.8, 4) is 22.4 Å². The normalized spacial score (nSPS) is 10.4. The number of benzene rings is 2. The Kier molecular flexibility index (Phi) is 7.06. The third kappa shape index (κ3) is 5.52. The number of carbonyl (C=O) groups is 3. The summed E-state index contributed by atoms with van der Waals surface area (Å²) in [4.78, 5) is 52.5. The number of nitro groups is 1. The number of hydrogen-bond donors (Lipinski definition) is 4. The van der Waals surface area contributed by atoms with Crippen LogP contribution in [-0.4, -0.2) is 42.8 Å². The highest BCUT2D eigenvalue weighted by atomic mass is 35.5. The number of rotatable bonds is 6. The molecule has 13 nitrogen and oxygen atoms in total. The van der Waals surface area contributed by atoms with Crippen molar-refractivity contribution in [2.45, 2.75) is 0 Å². The molecule has 0 aliphatic rings. The monoisotopic (exact) mass is 521 g/mol. The van der Waals surface area contributed by atoms with Gasteiger partial charge in [0, 0.05) is 46.2 Å². The van der Waals surface area contributed by atoms with Gasteiger partial charge in [-0.2, -0.15) is 9.89 Å². The summed E-state index contributed by atoms with van der Waals surface area (Å²) in [7, 11) is 0. The van der Waals surface area contributed by atoms with Gasteiger partial charge in [0.15, 0.2) is 5.69 Å². The second-order valence-corrected chi connectivity index (χ2v) is 7.80. The van der Waals surface area contributed by atoms with Gasteiger partial charge in [-0.05, 0) is 29.8 Å². The van der Waals surface area contributed by atoms with Crippen LogP contribution in [0.5, 0.6) is 0 Å². The molecule has 2 aromatic carbocycles. The summed E-state index contributed by atoms with van der Waals surface area (Å²) in [6.45, 7) is 0. The molecule has 0 saturated heterocycles. The summed E-state index contributed by atoms with van der Waals surface area (Å²) in [6.07, 6.45) is 1.24. The van der Waals surface area contributed by atoms with E-state index in [4.69, 9.17) is 11.6 Å². The maximum absolute atomic E-state index is 13.3. The third-order valence-electron chi connectivity index (χ3n) is 4.98. The highest BCUT2D eigenvalue weighted by molar-refractivity contribution is 6.30. The van der Waals surface area contributed by atoms with Gasteiger partial charge < -0.3 is 5.11 Å². The molecule has 0 bridgehead atoms. The van der Waals surface area contributed by atoms with Crippen LogP contribution in [0, 0.1) is 10.1 Å². The van der Waals surface area contributed by atoms with Gasteiger partial charge in [0.2, 0.25) is 0 Å². The van der Waals surface area contributed by atoms with E-state index in [2.05, 4.69) is 20.9 Å². The number of amides is 3. The molecule has 4 N–H and O–H groups in total. The van der Waals surface area contributed by atoms with Gasteiger partial charge in [0.05, 0.1) is 4.92 Å². The van der Waals surface area contributed by atoms with Crippen LogP contribution in [0.4, 0.5) is 10.5 Å². The Balaban J connectivity index is 1.86. The van der Waals surface area contributed by atoms with Crippen molar-refractivity contribution >= 4 is 35.2 Å². The molecule has 2 heterocycles. The molecule has 0 atom stereocenters. The lowest BCUT2D eigenvalue weighted by atomic mass is 9.98. The van der Waals surface area contributed by atoms with Crippen LogP contribution in [0.2, 0.25) is 5.02 Å². The van der Waals surface area contributed by atoms with Crippen molar-refractivity contribution in [1.29, 1.82) is 0 Å². The zero-order valence-corrected chi connectivity index (χ0v) is 19.3. The molecule has 0 aliphatic heterocycles. The number of nitrogens with one attached hydrogen (secondary N) is 3. The van der Waals surface area contributed by atoms with Gasteiger partial charge in [0.25, 0.3) is 17.5 Å². The number of non-ortho nitro benzene ring substituents is 1. The van der Waals surface area contributed by atoms with Crippen molar-refractivity contribution in [1.82, 2.24) is 25.7 Å². The van der Waals surface area contributed by atoms with Crippen molar-refractivity contribution in [3.63, 3.8) is 0 Å². The van der Waals surface area contributed by atoms with Gasteiger partial charge in [-0.1, -0.05) is 35.9 Å². The van der Waals surface area contributed by atoms with Gasteiger partial charge in [-0.15, -0.1) is 0 Å². The van der Waals surface area contributed by atoms with Crippen molar-refractivity contribution < 1.29 is 24.4 Å². The number of nitro benzene ring substituents is 1. The van der Waals surface area contributed by atoms with Crippen molar-refractivity contribution in [2.24, 2.45) is 0 Å². The average Bonchev–Trinajstić information content (AvgIpc) is 3.26. The fourth-order valence-corrected chi connectivity index (χ4v) is 3.62. The highest BCUT2D eigenvalue weighted by Gasteiger charge is 2.28.